The molecule has 1 atom stereocenters. The first kappa shape index (κ1) is 11.1. The van der Waals surface area contributed by atoms with E-state index in [1.165, 1.54) is 13.8 Å². The van der Waals surface area contributed by atoms with Gasteiger partial charge in [-0.1, -0.05) is 18.2 Å². The molecule has 1 saturated heterocycles. The summed E-state index contributed by atoms with van der Waals surface area (Å²) in [5.74, 6) is 0.0157. The van der Waals surface area contributed by atoms with Crippen molar-refractivity contribution >= 4 is 11.6 Å². The quantitative estimate of drug-likeness (QED) is 0.752. The van der Waals surface area contributed by atoms with Gasteiger partial charge in [-0.15, -0.1) is 0 Å². The van der Waals surface area contributed by atoms with Gasteiger partial charge in [-0.3, -0.25) is 4.79 Å². The number of anilines is 1. The molecule has 0 spiro atoms. The molecular formula is C13H16FNO. The molecule has 16 heavy (non-hydrogen) atoms. The number of para-hydroxylation sites is 1. The number of benzene rings is 1. The van der Waals surface area contributed by atoms with Gasteiger partial charge in [-0.05, 0) is 32.4 Å². The monoisotopic (exact) mass is 221 g/mol. The lowest BCUT2D eigenvalue weighted by atomic mass is 9.98. The third kappa shape index (κ3) is 1.94. The molecule has 3 heteroatoms. The molecule has 1 fully saturated rings. The Bertz CT molecular complexity index is 383. The lowest BCUT2D eigenvalue weighted by Crippen LogP contribution is -2.44. The highest BCUT2D eigenvalue weighted by atomic mass is 19.1. The largest absolute Gasteiger partial charge is 0.306 e. The molecule has 0 bridgehead atoms. The molecule has 86 valence electrons. The van der Waals surface area contributed by atoms with Crippen molar-refractivity contribution in [1.82, 2.24) is 0 Å². The summed E-state index contributed by atoms with van der Waals surface area (Å²) in [6.45, 7) is 3.07. The van der Waals surface area contributed by atoms with E-state index in [1.807, 2.05) is 30.3 Å². The van der Waals surface area contributed by atoms with Gasteiger partial charge in [0.2, 0.25) is 5.91 Å². The van der Waals surface area contributed by atoms with Crippen molar-refractivity contribution in [3.05, 3.63) is 30.3 Å². The van der Waals surface area contributed by atoms with Crippen LogP contribution in [0.4, 0.5) is 10.1 Å². The summed E-state index contributed by atoms with van der Waals surface area (Å²) in [6.07, 6.45) is 1.03. The van der Waals surface area contributed by atoms with Crippen LogP contribution in [0.25, 0.3) is 0 Å². The smallest absolute Gasteiger partial charge is 0.227 e. The molecule has 1 aromatic carbocycles. The third-order valence-corrected chi connectivity index (χ3v) is 3.04. The SMILES string of the molecule is CC(C)(F)C1CCC(=O)N1c1ccccc1. The highest BCUT2D eigenvalue weighted by Gasteiger charge is 2.42. The van der Waals surface area contributed by atoms with E-state index in [1.54, 1.807) is 4.90 Å². The minimum atomic E-state index is -1.36. The molecule has 1 amide bonds. The number of carbonyl (C=O) groups excluding carboxylic acids is 1. The molecule has 1 aliphatic rings. The average Bonchev–Trinajstić information content (AvgIpc) is 2.61. The van der Waals surface area contributed by atoms with E-state index in [4.69, 9.17) is 0 Å². The van der Waals surface area contributed by atoms with Gasteiger partial charge in [-0.2, -0.15) is 0 Å². The Labute approximate surface area is 95.1 Å². The lowest BCUT2D eigenvalue weighted by Gasteiger charge is -2.32. The van der Waals surface area contributed by atoms with Crippen molar-refractivity contribution in [1.29, 1.82) is 0 Å². The van der Waals surface area contributed by atoms with Crippen LogP contribution >= 0.6 is 0 Å². The van der Waals surface area contributed by atoms with E-state index in [2.05, 4.69) is 0 Å². The van der Waals surface area contributed by atoms with Gasteiger partial charge in [0, 0.05) is 12.1 Å². The van der Waals surface area contributed by atoms with Crippen LogP contribution < -0.4 is 4.90 Å². The van der Waals surface area contributed by atoms with E-state index in [9.17, 15) is 9.18 Å². The van der Waals surface area contributed by atoms with Crippen molar-refractivity contribution < 1.29 is 9.18 Å². The number of halogens is 1. The molecule has 1 aliphatic heterocycles. The van der Waals surface area contributed by atoms with E-state index < -0.39 is 5.67 Å². The van der Waals surface area contributed by atoms with Gasteiger partial charge in [0.15, 0.2) is 0 Å². The average molecular weight is 221 g/mol. The van der Waals surface area contributed by atoms with Crippen molar-refractivity contribution in [2.24, 2.45) is 0 Å². The topological polar surface area (TPSA) is 20.3 Å². The van der Waals surface area contributed by atoms with Crippen LogP contribution in [0.15, 0.2) is 30.3 Å². The molecule has 0 N–H and O–H groups in total. The number of hydrogen-bond donors (Lipinski definition) is 0. The maximum atomic E-state index is 14.0. The van der Waals surface area contributed by atoms with Gasteiger partial charge in [0.05, 0.1) is 6.04 Å². The number of rotatable bonds is 2. The Morgan fingerprint density at radius 2 is 1.94 bits per heavy atom. The van der Waals surface area contributed by atoms with Crippen molar-refractivity contribution in [2.75, 3.05) is 4.90 Å². The predicted octanol–water partition coefficient (Wildman–Crippen LogP) is 2.93. The summed E-state index contributed by atoms with van der Waals surface area (Å²) < 4.78 is 14.0. The van der Waals surface area contributed by atoms with Crippen LogP contribution in [0.3, 0.4) is 0 Å². The van der Waals surface area contributed by atoms with Gasteiger partial charge >= 0.3 is 0 Å². The number of nitrogens with zero attached hydrogens (tertiary/aromatic N) is 1. The molecule has 0 aromatic heterocycles. The standard InChI is InChI=1S/C13H16FNO/c1-13(2,14)11-8-9-12(16)15(11)10-6-4-3-5-7-10/h3-7,11H,8-9H2,1-2H3. The molecule has 0 saturated carbocycles. The van der Waals surface area contributed by atoms with E-state index in [0.29, 0.717) is 12.8 Å². The molecule has 1 unspecified atom stereocenters. The Kier molecular flexibility index (Phi) is 2.70. The van der Waals surface area contributed by atoms with Crippen LogP contribution in [0.5, 0.6) is 0 Å². The lowest BCUT2D eigenvalue weighted by molar-refractivity contribution is -0.117. The first-order valence-electron chi connectivity index (χ1n) is 5.56. The van der Waals surface area contributed by atoms with Crippen LogP contribution in [-0.2, 0) is 4.79 Å². The number of carbonyl (C=O) groups is 1. The normalized spacial score (nSPS) is 21.6. The van der Waals surface area contributed by atoms with E-state index in [0.717, 1.165) is 5.69 Å². The fourth-order valence-corrected chi connectivity index (χ4v) is 2.25. The fourth-order valence-electron chi connectivity index (χ4n) is 2.25. The molecule has 2 nitrogen and oxygen atoms in total. The summed E-state index contributed by atoms with van der Waals surface area (Å²) in [5, 5.41) is 0. The molecular weight excluding hydrogens is 205 g/mol. The van der Waals surface area contributed by atoms with Crippen LogP contribution in [0.2, 0.25) is 0 Å². The van der Waals surface area contributed by atoms with Crippen molar-refractivity contribution in [3.63, 3.8) is 0 Å². The summed E-state index contributed by atoms with van der Waals surface area (Å²) in [6, 6.07) is 8.97. The second-order valence-corrected chi connectivity index (χ2v) is 4.72. The van der Waals surface area contributed by atoms with E-state index in [-0.39, 0.29) is 11.9 Å². The molecule has 0 radical (unpaired) electrons. The molecule has 0 aliphatic carbocycles. The van der Waals surface area contributed by atoms with Crippen molar-refractivity contribution in [2.45, 2.75) is 38.4 Å². The second kappa shape index (κ2) is 3.89. The number of alkyl halides is 1. The highest BCUT2D eigenvalue weighted by Crippen LogP contribution is 2.34. The maximum absolute atomic E-state index is 14.0. The van der Waals surface area contributed by atoms with Gasteiger partial charge in [0.1, 0.15) is 5.67 Å². The second-order valence-electron chi connectivity index (χ2n) is 4.72. The first-order valence-corrected chi connectivity index (χ1v) is 5.56. The van der Waals surface area contributed by atoms with Gasteiger partial charge in [0.25, 0.3) is 0 Å². The third-order valence-electron chi connectivity index (χ3n) is 3.04. The van der Waals surface area contributed by atoms with Crippen LogP contribution in [0, 0.1) is 0 Å². The van der Waals surface area contributed by atoms with Crippen molar-refractivity contribution in [3.8, 4) is 0 Å². The van der Waals surface area contributed by atoms with Gasteiger partial charge < -0.3 is 4.90 Å². The molecule has 2 rings (SSSR count). The number of hydrogen-bond acceptors (Lipinski definition) is 1. The fraction of sp³-hybridized carbons (Fsp3) is 0.462. The Morgan fingerprint density at radius 3 is 2.50 bits per heavy atom. The number of amides is 1. The first-order chi connectivity index (χ1) is 7.50. The maximum Gasteiger partial charge on any atom is 0.227 e. The Balaban J connectivity index is 2.34. The van der Waals surface area contributed by atoms with E-state index >= 15 is 0 Å². The Hall–Kier alpha value is -1.38. The van der Waals surface area contributed by atoms with Gasteiger partial charge in [-0.25, -0.2) is 4.39 Å². The summed E-state index contributed by atoms with van der Waals surface area (Å²) in [7, 11) is 0. The molecule has 1 heterocycles. The minimum absolute atomic E-state index is 0.0157. The van der Waals surface area contributed by atoms with Crippen LogP contribution in [0.1, 0.15) is 26.7 Å². The zero-order valence-electron chi connectivity index (χ0n) is 9.61. The Morgan fingerprint density at radius 1 is 1.31 bits per heavy atom. The highest BCUT2D eigenvalue weighted by molar-refractivity contribution is 5.96. The zero-order chi connectivity index (χ0) is 11.8. The summed E-state index contributed by atoms with van der Waals surface area (Å²) in [4.78, 5) is 13.4. The summed E-state index contributed by atoms with van der Waals surface area (Å²) >= 11 is 0. The zero-order valence-corrected chi connectivity index (χ0v) is 9.61. The van der Waals surface area contributed by atoms with Crippen LogP contribution in [-0.4, -0.2) is 17.6 Å². The molecule has 1 aromatic rings. The minimum Gasteiger partial charge on any atom is -0.306 e. The predicted molar refractivity (Wildman–Crippen MR) is 62.1 cm³/mol. The summed E-state index contributed by atoms with van der Waals surface area (Å²) in [5.41, 5.74) is -0.567.